The highest BCUT2D eigenvalue weighted by molar-refractivity contribution is 7.51. The van der Waals surface area contributed by atoms with Crippen LogP contribution in [0.5, 0.6) is 5.75 Å². The van der Waals surface area contributed by atoms with Crippen molar-refractivity contribution in [3.8, 4) is 17.1 Å². The van der Waals surface area contributed by atoms with Crippen molar-refractivity contribution in [3.63, 3.8) is 0 Å². The predicted octanol–water partition coefficient (Wildman–Crippen LogP) is 3.20. The predicted molar refractivity (Wildman–Crippen MR) is 95.0 cm³/mol. The lowest BCUT2D eigenvalue weighted by Crippen LogP contribution is -2.03. The van der Waals surface area contributed by atoms with Crippen LogP contribution in [0.3, 0.4) is 0 Å². The number of aromatic nitrogens is 2. The average Bonchev–Trinajstić information content (AvgIpc) is 2.90. The third kappa shape index (κ3) is 3.75. The molecule has 0 fully saturated rings. The van der Waals surface area contributed by atoms with Gasteiger partial charge in [-0.25, -0.2) is 4.98 Å². The van der Waals surface area contributed by atoms with Crippen molar-refractivity contribution >= 4 is 24.3 Å². The van der Waals surface area contributed by atoms with Crippen LogP contribution in [0.25, 0.3) is 22.4 Å². The molecule has 0 radical (unpaired) electrons. The van der Waals surface area contributed by atoms with Crippen molar-refractivity contribution in [2.24, 2.45) is 5.18 Å². The Kier molecular flexibility index (Phi) is 4.78. The summed E-state index contributed by atoms with van der Waals surface area (Å²) in [5.41, 5.74) is 2.24. The molecule has 1 aromatic heterocycles. The van der Waals surface area contributed by atoms with Crippen LogP contribution in [-0.2, 0) is 4.57 Å². The number of aryl methyl sites for hydroxylation is 1. The standard InChI is InChI=1S/C16H16N3O6P/c1-10-2-4-11(5-3-10)16-17-12-9-15(25-6-7-26(22,23)24)13(18-20)8-14(12)19(16)21/h2-5,8-9,21H,6-7H2,1H3,(H2,22,23,24). The van der Waals surface area contributed by atoms with Crippen LogP contribution in [0.2, 0.25) is 0 Å². The second kappa shape index (κ2) is 6.87. The van der Waals surface area contributed by atoms with E-state index in [0.29, 0.717) is 11.1 Å². The van der Waals surface area contributed by atoms with Gasteiger partial charge >= 0.3 is 7.60 Å². The van der Waals surface area contributed by atoms with Gasteiger partial charge in [-0.1, -0.05) is 29.8 Å². The monoisotopic (exact) mass is 377 g/mol. The summed E-state index contributed by atoms with van der Waals surface area (Å²) >= 11 is 0. The maximum atomic E-state index is 11.1. The molecule has 0 atom stereocenters. The number of nitrogens with zero attached hydrogens (tertiary/aromatic N) is 3. The Labute approximate surface area is 148 Å². The zero-order valence-electron chi connectivity index (χ0n) is 13.7. The largest absolute Gasteiger partial charge is 0.490 e. The molecule has 0 saturated carbocycles. The number of rotatable bonds is 6. The van der Waals surface area contributed by atoms with E-state index in [2.05, 4.69) is 10.2 Å². The van der Waals surface area contributed by atoms with Crippen LogP contribution < -0.4 is 4.74 Å². The minimum Gasteiger partial charge on any atom is -0.490 e. The summed E-state index contributed by atoms with van der Waals surface area (Å²) < 4.78 is 17.0. The van der Waals surface area contributed by atoms with E-state index in [1.54, 1.807) is 12.1 Å². The molecule has 0 aliphatic rings. The molecule has 3 N–H and O–H groups in total. The van der Waals surface area contributed by atoms with E-state index in [0.717, 1.165) is 10.3 Å². The van der Waals surface area contributed by atoms with Gasteiger partial charge in [0, 0.05) is 17.7 Å². The second-order valence-corrected chi connectivity index (χ2v) is 7.53. The molecule has 0 aliphatic carbocycles. The van der Waals surface area contributed by atoms with Crippen LogP contribution in [0, 0.1) is 11.8 Å². The summed E-state index contributed by atoms with van der Waals surface area (Å²) in [6, 6.07) is 10.1. The molecule has 3 aromatic rings. The molecule has 0 spiro atoms. The number of imidazole rings is 1. The Hall–Kier alpha value is -2.74. The Morgan fingerprint density at radius 1 is 1.23 bits per heavy atom. The Bertz CT molecular complexity index is 1010. The quantitative estimate of drug-likeness (QED) is 0.341. The van der Waals surface area contributed by atoms with E-state index in [1.165, 1.54) is 12.1 Å². The Morgan fingerprint density at radius 3 is 2.54 bits per heavy atom. The van der Waals surface area contributed by atoms with Crippen molar-refractivity contribution in [1.82, 2.24) is 9.71 Å². The SMILES string of the molecule is Cc1ccc(-c2nc3cc(OCCP(=O)(O)O)c(N=O)cc3n2O)cc1. The van der Waals surface area contributed by atoms with Gasteiger partial charge < -0.3 is 19.7 Å². The molecule has 2 aromatic carbocycles. The highest BCUT2D eigenvalue weighted by Gasteiger charge is 2.18. The zero-order valence-corrected chi connectivity index (χ0v) is 14.6. The van der Waals surface area contributed by atoms with E-state index in [9.17, 15) is 14.7 Å². The van der Waals surface area contributed by atoms with Gasteiger partial charge in [-0.15, -0.1) is 4.91 Å². The van der Waals surface area contributed by atoms with Gasteiger partial charge in [0.25, 0.3) is 0 Å². The lowest BCUT2D eigenvalue weighted by molar-refractivity contribution is 0.203. The molecule has 0 saturated heterocycles. The lowest BCUT2D eigenvalue weighted by atomic mass is 10.1. The lowest BCUT2D eigenvalue weighted by Gasteiger charge is -2.08. The second-order valence-electron chi connectivity index (χ2n) is 5.75. The summed E-state index contributed by atoms with van der Waals surface area (Å²) in [5, 5.41) is 13.2. The first-order valence-corrected chi connectivity index (χ1v) is 9.42. The van der Waals surface area contributed by atoms with Crippen molar-refractivity contribution in [3.05, 3.63) is 46.9 Å². The van der Waals surface area contributed by atoms with Gasteiger partial charge in [-0.3, -0.25) is 4.57 Å². The highest BCUT2D eigenvalue weighted by atomic mass is 31.2. The van der Waals surface area contributed by atoms with E-state index in [-0.39, 0.29) is 29.4 Å². The minimum atomic E-state index is -4.22. The van der Waals surface area contributed by atoms with Crippen molar-refractivity contribution in [2.75, 3.05) is 12.8 Å². The smallest absolute Gasteiger partial charge is 0.328 e. The number of hydrogen-bond acceptors (Lipinski definition) is 6. The molecule has 9 nitrogen and oxygen atoms in total. The third-order valence-corrected chi connectivity index (χ3v) is 4.52. The fourth-order valence-electron chi connectivity index (χ4n) is 2.43. The summed E-state index contributed by atoms with van der Waals surface area (Å²) in [5.74, 6) is 0.318. The molecular weight excluding hydrogens is 361 g/mol. The first kappa shape index (κ1) is 18.1. The van der Waals surface area contributed by atoms with E-state index >= 15 is 0 Å². The van der Waals surface area contributed by atoms with Crippen LogP contribution in [-0.4, -0.2) is 37.5 Å². The fourth-order valence-corrected chi connectivity index (χ4v) is 2.76. The molecule has 10 heteroatoms. The minimum absolute atomic E-state index is 0.0366. The maximum absolute atomic E-state index is 11.1. The molecule has 1 heterocycles. The summed E-state index contributed by atoms with van der Waals surface area (Å²) in [6.45, 7) is 1.65. The number of nitroso groups, excluding NO2 is 1. The number of hydrogen-bond donors (Lipinski definition) is 3. The first-order valence-electron chi connectivity index (χ1n) is 7.62. The first-order chi connectivity index (χ1) is 12.3. The van der Waals surface area contributed by atoms with E-state index in [4.69, 9.17) is 14.5 Å². The molecule has 0 unspecified atom stereocenters. The Morgan fingerprint density at radius 2 is 1.92 bits per heavy atom. The van der Waals surface area contributed by atoms with Crippen molar-refractivity contribution in [2.45, 2.75) is 6.92 Å². The molecule has 3 rings (SSSR count). The number of fused-ring (bicyclic) bond motifs is 1. The molecule has 0 aliphatic heterocycles. The van der Waals surface area contributed by atoms with Gasteiger partial charge in [0.1, 0.15) is 5.52 Å². The molecule has 136 valence electrons. The van der Waals surface area contributed by atoms with Gasteiger partial charge in [0.15, 0.2) is 17.3 Å². The number of ether oxygens (including phenoxy) is 1. The van der Waals surface area contributed by atoms with Gasteiger partial charge in [0.2, 0.25) is 0 Å². The Balaban J connectivity index is 2.00. The van der Waals surface area contributed by atoms with Crippen LogP contribution >= 0.6 is 7.60 Å². The van der Waals surface area contributed by atoms with Crippen molar-refractivity contribution < 1.29 is 24.3 Å². The number of benzene rings is 2. The topological polar surface area (TPSA) is 134 Å². The summed E-state index contributed by atoms with van der Waals surface area (Å²) in [7, 11) is -4.22. The zero-order chi connectivity index (χ0) is 18.9. The molecule has 26 heavy (non-hydrogen) atoms. The van der Waals surface area contributed by atoms with Crippen LogP contribution in [0.1, 0.15) is 5.56 Å². The molecular formula is C16H16N3O6P. The molecule has 0 bridgehead atoms. The van der Waals surface area contributed by atoms with Crippen molar-refractivity contribution in [1.29, 1.82) is 0 Å². The van der Waals surface area contributed by atoms with Gasteiger partial charge in [-0.05, 0) is 12.1 Å². The van der Waals surface area contributed by atoms with E-state index in [1.807, 2.05) is 19.1 Å². The van der Waals surface area contributed by atoms with Gasteiger partial charge in [-0.2, -0.15) is 4.73 Å². The van der Waals surface area contributed by atoms with Crippen LogP contribution in [0.4, 0.5) is 5.69 Å². The fraction of sp³-hybridized carbons (Fsp3) is 0.188. The highest BCUT2D eigenvalue weighted by Crippen LogP contribution is 2.37. The van der Waals surface area contributed by atoms with E-state index < -0.39 is 13.8 Å². The molecule has 0 amide bonds. The summed E-state index contributed by atoms with van der Waals surface area (Å²) in [4.78, 5) is 33.2. The third-order valence-electron chi connectivity index (χ3n) is 3.76. The average molecular weight is 377 g/mol. The normalized spacial score (nSPS) is 11.7. The van der Waals surface area contributed by atoms with Crippen LogP contribution in [0.15, 0.2) is 41.6 Å². The maximum Gasteiger partial charge on any atom is 0.328 e. The van der Waals surface area contributed by atoms with Gasteiger partial charge in [0.05, 0.1) is 18.3 Å². The summed E-state index contributed by atoms with van der Waals surface area (Å²) in [6.07, 6.45) is -0.494.